The van der Waals surface area contributed by atoms with E-state index >= 15 is 0 Å². The first-order chi connectivity index (χ1) is 9.13. The highest BCUT2D eigenvalue weighted by molar-refractivity contribution is 6.05. The molecule has 1 aliphatic heterocycles. The number of carbonyl (C=O) groups excluding carboxylic acids is 1. The van der Waals surface area contributed by atoms with E-state index in [-0.39, 0.29) is 11.6 Å². The fourth-order valence-corrected chi connectivity index (χ4v) is 3.38. The molecule has 1 heterocycles. The number of aliphatic imine (C=N–C) groups is 1. The number of amides is 2. The number of rotatable bonds is 1. The summed E-state index contributed by atoms with van der Waals surface area (Å²) < 4.78 is 0. The number of carbonyl (C=O) groups is 1. The first kappa shape index (κ1) is 12.2. The third-order valence-corrected chi connectivity index (χ3v) is 4.71. The molecule has 3 rings (SSSR count). The van der Waals surface area contributed by atoms with Gasteiger partial charge in [0.05, 0.1) is 0 Å². The number of nitrogens with zero attached hydrogens (tertiary/aromatic N) is 2. The molecule has 0 radical (unpaired) electrons. The highest BCUT2D eigenvalue weighted by atomic mass is 16.2. The summed E-state index contributed by atoms with van der Waals surface area (Å²) in [6.45, 7) is 0. The molecule has 0 atom stereocenters. The first-order valence-electron chi connectivity index (χ1n) is 6.81. The average Bonchev–Trinajstić information content (AvgIpc) is 2.65. The van der Waals surface area contributed by atoms with E-state index in [1.165, 1.54) is 5.56 Å². The summed E-state index contributed by atoms with van der Waals surface area (Å²) in [5.74, 6) is 1.08. The molecule has 1 aromatic carbocycles. The second-order valence-corrected chi connectivity index (χ2v) is 5.56. The molecule has 4 heteroatoms. The maximum Gasteiger partial charge on any atom is 0.345 e. The van der Waals surface area contributed by atoms with Crippen LogP contribution in [0.2, 0.25) is 0 Å². The van der Waals surface area contributed by atoms with Crippen LogP contribution in [0.1, 0.15) is 37.2 Å². The Morgan fingerprint density at radius 1 is 1.26 bits per heavy atom. The van der Waals surface area contributed by atoms with Gasteiger partial charge in [0.2, 0.25) is 0 Å². The van der Waals surface area contributed by atoms with Gasteiger partial charge in [0.15, 0.2) is 0 Å². The lowest BCUT2D eigenvalue weighted by Crippen LogP contribution is -2.54. The van der Waals surface area contributed by atoms with Crippen molar-refractivity contribution in [2.45, 2.75) is 37.1 Å². The van der Waals surface area contributed by atoms with Crippen LogP contribution in [0.15, 0.2) is 35.3 Å². The van der Waals surface area contributed by atoms with Crippen molar-refractivity contribution in [3.63, 3.8) is 0 Å². The minimum absolute atomic E-state index is 0.198. The summed E-state index contributed by atoms with van der Waals surface area (Å²) in [6, 6.07) is 10.4. The summed E-state index contributed by atoms with van der Waals surface area (Å²) in [5.41, 5.74) is 7.07. The molecule has 2 amide bonds. The van der Waals surface area contributed by atoms with Crippen LogP contribution in [-0.2, 0) is 0 Å². The zero-order chi connectivity index (χ0) is 13.5. The largest absolute Gasteiger partial charge is 0.385 e. The summed E-state index contributed by atoms with van der Waals surface area (Å²) in [6.07, 6.45) is 3.92. The summed E-state index contributed by atoms with van der Waals surface area (Å²) in [7, 11) is 1.81. The molecule has 100 valence electrons. The van der Waals surface area contributed by atoms with E-state index in [0.29, 0.717) is 11.8 Å². The van der Waals surface area contributed by atoms with Crippen LogP contribution in [0.4, 0.5) is 4.79 Å². The molecule has 0 aromatic heterocycles. The summed E-state index contributed by atoms with van der Waals surface area (Å²) in [5, 5.41) is 0. The van der Waals surface area contributed by atoms with Crippen molar-refractivity contribution in [3.05, 3.63) is 35.9 Å². The van der Waals surface area contributed by atoms with Crippen molar-refractivity contribution in [2.75, 3.05) is 7.05 Å². The predicted molar refractivity (Wildman–Crippen MR) is 75.2 cm³/mol. The maximum absolute atomic E-state index is 11.7. The van der Waals surface area contributed by atoms with Crippen LogP contribution < -0.4 is 5.73 Å². The molecule has 4 nitrogen and oxygen atoms in total. The number of likely N-dealkylation sites (N-methyl/N-ethyl adjacent to an activating group) is 1. The number of hydrogen-bond acceptors (Lipinski definition) is 2. The minimum atomic E-state index is -0.317. The quantitative estimate of drug-likeness (QED) is 0.840. The second kappa shape index (κ2) is 4.37. The minimum Gasteiger partial charge on any atom is -0.385 e. The van der Waals surface area contributed by atoms with Gasteiger partial charge in [-0.15, -0.1) is 0 Å². The van der Waals surface area contributed by atoms with Gasteiger partial charge in [-0.3, -0.25) is 0 Å². The van der Waals surface area contributed by atoms with Gasteiger partial charge >= 0.3 is 6.03 Å². The number of urea groups is 1. The van der Waals surface area contributed by atoms with Gasteiger partial charge in [-0.1, -0.05) is 30.3 Å². The van der Waals surface area contributed by atoms with Crippen molar-refractivity contribution in [2.24, 2.45) is 10.7 Å². The van der Waals surface area contributed by atoms with Gasteiger partial charge in [0.25, 0.3) is 0 Å². The Morgan fingerprint density at radius 2 is 1.89 bits per heavy atom. The highest BCUT2D eigenvalue weighted by Crippen LogP contribution is 2.42. The smallest absolute Gasteiger partial charge is 0.345 e. The molecule has 0 saturated heterocycles. The third-order valence-electron chi connectivity index (χ3n) is 4.71. The molecule has 1 fully saturated rings. The molecule has 1 aromatic rings. The van der Waals surface area contributed by atoms with E-state index in [4.69, 9.17) is 5.73 Å². The zero-order valence-corrected chi connectivity index (χ0v) is 11.2. The zero-order valence-electron chi connectivity index (χ0n) is 11.2. The lowest BCUT2D eigenvalue weighted by atomic mass is 9.73. The van der Waals surface area contributed by atoms with E-state index < -0.39 is 0 Å². The second-order valence-electron chi connectivity index (χ2n) is 5.56. The fraction of sp³-hybridized carbons (Fsp3) is 0.467. The summed E-state index contributed by atoms with van der Waals surface area (Å²) in [4.78, 5) is 17.3. The lowest BCUT2D eigenvalue weighted by molar-refractivity contribution is 0.158. The topological polar surface area (TPSA) is 58.7 Å². The highest BCUT2D eigenvalue weighted by Gasteiger charge is 2.48. The normalized spacial score (nSPS) is 30.8. The molecule has 19 heavy (non-hydrogen) atoms. The van der Waals surface area contributed by atoms with Crippen LogP contribution in [0.5, 0.6) is 0 Å². The molecule has 1 spiro atoms. The molecule has 0 unspecified atom stereocenters. The standard InChI is InChI=1S/C15H19N3O/c1-18-14(19)17-13(16)15(18)9-7-12(8-10-15)11-5-3-2-4-6-11/h2-6,12H,7-10H2,1H3,(H2,16,17,19). The number of benzene rings is 1. The Kier molecular flexibility index (Phi) is 2.81. The van der Waals surface area contributed by atoms with E-state index in [0.717, 1.165) is 25.7 Å². The van der Waals surface area contributed by atoms with Crippen molar-refractivity contribution in [3.8, 4) is 0 Å². The van der Waals surface area contributed by atoms with Gasteiger partial charge in [0.1, 0.15) is 11.4 Å². The number of nitrogens with two attached hydrogens (primary N) is 1. The van der Waals surface area contributed by atoms with Crippen molar-refractivity contribution >= 4 is 11.9 Å². The van der Waals surface area contributed by atoms with Gasteiger partial charge in [0, 0.05) is 7.05 Å². The van der Waals surface area contributed by atoms with Crippen LogP contribution in [0.25, 0.3) is 0 Å². The Balaban J connectivity index is 1.77. The van der Waals surface area contributed by atoms with Crippen molar-refractivity contribution < 1.29 is 4.79 Å². The van der Waals surface area contributed by atoms with Crippen LogP contribution in [0.3, 0.4) is 0 Å². The predicted octanol–water partition coefficient (Wildman–Crippen LogP) is 2.51. The molecule has 1 aliphatic carbocycles. The Morgan fingerprint density at radius 3 is 2.42 bits per heavy atom. The molecule has 2 N–H and O–H groups in total. The van der Waals surface area contributed by atoms with Crippen molar-refractivity contribution in [1.82, 2.24) is 4.90 Å². The molecular formula is C15H19N3O. The van der Waals surface area contributed by atoms with Crippen molar-refractivity contribution in [1.29, 1.82) is 0 Å². The first-order valence-corrected chi connectivity index (χ1v) is 6.81. The molecular weight excluding hydrogens is 238 g/mol. The lowest BCUT2D eigenvalue weighted by Gasteiger charge is -2.41. The molecule has 0 bridgehead atoms. The maximum atomic E-state index is 11.7. The van der Waals surface area contributed by atoms with E-state index in [2.05, 4.69) is 29.3 Å². The Bertz CT molecular complexity index is 515. The average molecular weight is 257 g/mol. The third kappa shape index (κ3) is 1.82. The fourth-order valence-electron chi connectivity index (χ4n) is 3.38. The Hall–Kier alpha value is -1.84. The van der Waals surface area contributed by atoms with Gasteiger partial charge in [-0.2, -0.15) is 4.99 Å². The molecule has 2 aliphatic rings. The Labute approximate surface area is 113 Å². The number of hydrogen-bond donors (Lipinski definition) is 1. The van der Waals surface area contributed by atoms with Crippen LogP contribution in [0, 0.1) is 0 Å². The summed E-state index contributed by atoms with van der Waals surface area (Å²) >= 11 is 0. The van der Waals surface area contributed by atoms with Gasteiger partial charge in [-0.25, -0.2) is 4.79 Å². The van der Waals surface area contributed by atoms with Crippen LogP contribution >= 0.6 is 0 Å². The van der Waals surface area contributed by atoms with E-state index in [1.54, 1.807) is 4.90 Å². The van der Waals surface area contributed by atoms with E-state index in [9.17, 15) is 4.79 Å². The number of amidine groups is 1. The van der Waals surface area contributed by atoms with Gasteiger partial charge < -0.3 is 10.6 Å². The SMILES string of the molecule is CN1C(=O)N=C(N)C12CCC(c1ccccc1)CC2. The monoisotopic (exact) mass is 257 g/mol. The van der Waals surface area contributed by atoms with E-state index in [1.807, 2.05) is 13.1 Å². The van der Waals surface area contributed by atoms with Crippen LogP contribution in [-0.4, -0.2) is 29.4 Å². The van der Waals surface area contributed by atoms with Gasteiger partial charge in [-0.05, 0) is 37.2 Å². The molecule has 1 saturated carbocycles.